The number of ether oxygens (including phenoxy) is 1. The number of carbonyl (C=O) groups excluding carboxylic acids is 2. The molecule has 1 N–H and O–H groups in total. The molecule has 1 aliphatic heterocycles. The van der Waals surface area contributed by atoms with Crippen molar-refractivity contribution in [1.29, 1.82) is 0 Å². The molecule has 0 saturated carbocycles. The van der Waals surface area contributed by atoms with Gasteiger partial charge in [0, 0.05) is 38.5 Å². The molecule has 0 aliphatic carbocycles. The lowest BCUT2D eigenvalue weighted by Crippen LogP contribution is -2.44. The fourth-order valence-corrected chi connectivity index (χ4v) is 3.21. The Kier molecular flexibility index (Phi) is 7.85. The van der Waals surface area contributed by atoms with Crippen molar-refractivity contribution < 1.29 is 14.3 Å². The summed E-state index contributed by atoms with van der Waals surface area (Å²) < 4.78 is 4.89. The van der Waals surface area contributed by atoms with Gasteiger partial charge in [-0.25, -0.2) is 0 Å². The first-order valence-electron chi connectivity index (χ1n) is 9.12. The number of methoxy groups -OCH3 is 1. The number of rotatable bonds is 8. The third-order valence-electron chi connectivity index (χ3n) is 4.74. The molecule has 25 heavy (non-hydrogen) atoms. The molecule has 2 heterocycles. The van der Waals surface area contributed by atoms with Gasteiger partial charge >= 0.3 is 0 Å². The van der Waals surface area contributed by atoms with Gasteiger partial charge in [0.15, 0.2) is 0 Å². The van der Waals surface area contributed by atoms with Gasteiger partial charge in [0.05, 0.1) is 6.04 Å². The lowest BCUT2D eigenvalue weighted by molar-refractivity contribution is -0.138. The molecule has 1 aliphatic rings. The number of likely N-dealkylation sites (tertiary alicyclic amines) is 1. The highest BCUT2D eigenvalue weighted by molar-refractivity contribution is 5.80. The molecule has 0 spiro atoms. The lowest BCUT2D eigenvalue weighted by Gasteiger charge is -2.32. The largest absolute Gasteiger partial charge is 0.375 e. The Labute approximate surface area is 150 Å². The second-order valence-corrected chi connectivity index (χ2v) is 6.58. The van der Waals surface area contributed by atoms with Crippen LogP contribution in [-0.4, -0.2) is 48.5 Å². The number of carbonyl (C=O) groups is 2. The van der Waals surface area contributed by atoms with Gasteiger partial charge in [-0.15, -0.1) is 0 Å². The molecule has 2 rings (SSSR count). The Hall–Kier alpha value is -1.95. The second kappa shape index (κ2) is 10.1. The van der Waals surface area contributed by atoms with Crippen molar-refractivity contribution in [3.8, 4) is 0 Å². The smallest absolute Gasteiger partial charge is 0.248 e. The summed E-state index contributed by atoms with van der Waals surface area (Å²) in [7, 11) is 1.52. The molecule has 1 aromatic heterocycles. The number of nitrogens with one attached hydrogen (secondary N) is 1. The highest BCUT2D eigenvalue weighted by Gasteiger charge is 2.28. The van der Waals surface area contributed by atoms with Gasteiger partial charge in [-0.3, -0.25) is 14.6 Å². The van der Waals surface area contributed by atoms with Crippen molar-refractivity contribution in [3.05, 3.63) is 30.1 Å². The third-order valence-corrected chi connectivity index (χ3v) is 4.74. The summed E-state index contributed by atoms with van der Waals surface area (Å²) in [6.07, 6.45) is 8.04. The molecule has 1 fully saturated rings. The average molecular weight is 347 g/mol. The van der Waals surface area contributed by atoms with E-state index in [0.29, 0.717) is 25.9 Å². The van der Waals surface area contributed by atoms with E-state index in [9.17, 15) is 9.59 Å². The average Bonchev–Trinajstić information content (AvgIpc) is 2.66. The number of aromatic nitrogens is 1. The van der Waals surface area contributed by atoms with E-state index in [-0.39, 0.29) is 30.4 Å². The van der Waals surface area contributed by atoms with Gasteiger partial charge in [0.1, 0.15) is 6.61 Å². The molecule has 2 amide bonds. The molecule has 0 aromatic carbocycles. The number of nitrogens with zero attached hydrogens (tertiary/aromatic N) is 2. The zero-order valence-corrected chi connectivity index (χ0v) is 15.2. The standard InChI is InChI=1S/C19H29N3O3/c1-3-4-7-17(16-6-5-10-20-13-16)21-19(24)15-8-11-22(12-9-15)18(23)14-25-2/h5-6,10,13,15,17H,3-4,7-9,11-12,14H2,1-2H3,(H,21,24)/t17-/m0/s1. The van der Waals surface area contributed by atoms with E-state index in [1.54, 1.807) is 11.1 Å². The molecule has 6 heteroatoms. The van der Waals surface area contributed by atoms with Crippen LogP contribution in [0.5, 0.6) is 0 Å². The van der Waals surface area contributed by atoms with E-state index in [1.165, 1.54) is 7.11 Å². The Morgan fingerprint density at radius 3 is 2.76 bits per heavy atom. The molecule has 6 nitrogen and oxygen atoms in total. The lowest BCUT2D eigenvalue weighted by atomic mass is 9.94. The number of unbranched alkanes of at least 4 members (excludes halogenated alkanes) is 1. The number of amides is 2. The first kappa shape index (κ1) is 19.4. The summed E-state index contributed by atoms with van der Waals surface area (Å²) in [5, 5.41) is 3.20. The Balaban J connectivity index is 1.90. The van der Waals surface area contributed by atoms with Gasteiger partial charge in [-0.1, -0.05) is 25.8 Å². The summed E-state index contributed by atoms with van der Waals surface area (Å²) in [5.41, 5.74) is 1.05. The van der Waals surface area contributed by atoms with E-state index < -0.39 is 0 Å². The fourth-order valence-electron chi connectivity index (χ4n) is 3.21. The molecular weight excluding hydrogens is 318 g/mol. The Morgan fingerprint density at radius 1 is 1.40 bits per heavy atom. The molecule has 0 unspecified atom stereocenters. The molecule has 0 radical (unpaired) electrons. The molecule has 1 atom stereocenters. The molecule has 0 bridgehead atoms. The van der Waals surface area contributed by atoms with E-state index >= 15 is 0 Å². The maximum Gasteiger partial charge on any atom is 0.248 e. The van der Waals surface area contributed by atoms with E-state index in [2.05, 4.69) is 17.2 Å². The van der Waals surface area contributed by atoms with Crippen LogP contribution in [0.4, 0.5) is 0 Å². The van der Waals surface area contributed by atoms with E-state index in [1.807, 2.05) is 18.3 Å². The third kappa shape index (κ3) is 5.81. The molecule has 138 valence electrons. The van der Waals surface area contributed by atoms with Gasteiger partial charge in [-0.2, -0.15) is 0 Å². The van der Waals surface area contributed by atoms with Crippen LogP contribution in [0.2, 0.25) is 0 Å². The number of piperidine rings is 1. The summed E-state index contributed by atoms with van der Waals surface area (Å²) >= 11 is 0. The maximum absolute atomic E-state index is 12.7. The van der Waals surface area contributed by atoms with Crippen molar-refractivity contribution in [2.24, 2.45) is 5.92 Å². The summed E-state index contributed by atoms with van der Waals surface area (Å²) in [4.78, 5) is 30.5. The van der Waals surface area contributed by atoms with Gasteiger partial charge in [0.25, 0.3) is 0 Å². The maximum atomic E-state index is 12.7. The Morgan fingerprint density at radius 2 is 2.16 bits per heavy atom. The van der Waals surface area contributed by atoms with Gasteiger partial charge < -0.3 is 15.0 Å². The number of hydrogen-bond acceptors (Lipinski definition) is 4. The second-order valence-electron chi connectivity index (χ2n) is 6.58. The molecule has 1 aromatic rings. The van der Waals surface area contributed by atoms with Crippen LogP contribution < -0.4 is 5.32 Å². The van der Waals surface area contributed by atoms with Crippen LogP contribution >= 0.6 is 0 Å². The highest BCUT2D eigenvalue weighted by Crippen LogP contribution is 2.22. The van der Waals surface area contributed by atoms with Crippen LogP contribution in [0, 0.1) is 5.92 Å². The normalized spacial score (nSPS) is 16.5. The predicted molar refractivity (Wildman–Crippen MR) is 95.8 cm³/mol. The van der Waals surface area contributed by atoms with E-state index in [4.69, 9.17) is 4.74 Å². The topological polar surface area (TPSA) is 71.5 Å². The molecular formula is C19H29N3O3. The highest BCUT2D eigenvalue weighted by atomic mass is 16.5. The van der Waals surface area contributed by atoms with Crippen LogP contribution in [0.3, 0.4) is 0 Å². The Bertz CT molecular complexity index is 542. The molecule has 1 saturated heterocycles. The quantitative estimate of drug-likeness (QED) is 0.783. The summed E-state index contributed by atoms with van der Waals surface area (Å²) in [6.45, 7) is 3.49. The summed E-state index contributed by atoms with van der Waals surface area (Å²) in [5.74, 6) is 0.0497. The monoisotopic (exact) mass is 347 g/mol. The van der Waals surface area contributed by atoms with Crippen molar-refractivity contribution in [1.82, 2.24) is 15.2 Å². The zero-order chi connectivity index (χ0) is 18.1. The first-order chi connectivity index (χ1) is 12.2. The van der Waals surface area contributed by atoms with Crippen molar-refractivity contribution in [2.45, 2.75) is 45.1 Å². The van der Waals surface area contributed by atoms with Crippen LogP contribution in [-0.2, 0) is 14.3 Å². The van der Waals surface area contributed by atoms with Crippen LogP contribution in [0.25, 0.3) is 0 Å². The van der Waals surface area contributed by atoms with Crippen LogP contribution in [0.15, 0.2) is 24.5 Å². The number of hydrogen-bond donors (Lipinski definition) is 1. The van der Waals surface area contributed by atoms with Crippen molar-refractivity contribution in [2.75, 3.05) is 26.8 Å². The van der Waals surface area contributed by atoms with Gasteiger partial charge in [0.2, 0.25) is 11.8 Å². The summed E-state index contributed by atoms with van der Waals surface area (Å²) in [6, 6.07) is 3.93. The predicted octanol–water partition coefficient (Wildman–Crippen LogP) is 2.31. The van der Waals surface area contributed by atoms with Crippen LogP contribution in [0.1, 0.15) is 50.6 Å². The SMILES string of the molecule is CCCC[C@H](NC(=O)C1CCN(C(=O)COC)CC1)c1cccnc1. The minimum Gasteiger partial charge on any atom is -0.375 e. The first-order valence-corrected chi connectivity index (χ1v) is 9.12. The van der Waals surface area contributed by atoms with Gasteiger partial charge in [-0.05, 0) is 30.9 Å². The van der Waals surface area contributed by atoms with Crippen molar-refractivity contribution >= 4 is 11.8 Å². The minimum absolute atomic E-state index is 0.00228. The minimum atomic E-state index is -0.0348. The fraction of sp³-hybridized carbons (Fsp3) is 0.632. The van der Waals surface area contributed by atoms with Crippen molar-refractivity contribution in [3.63, 3.8) is 0 Å². The number of pyridine rings is 1. The zero-order valence-electron chi connectivity index (χ0n) is 15.2. The van der Waals surface area contributed by atoms with E-state index in [0.717, 1.165) is 24.8 Å².